The Morgan fingerprint density at radius 3 is 2.31 bits per heavy atom. The molecule has 11 heteroatoms. The quantitative estimate of drug-likeness (QED) is 0.0985. The largest absolute Gasteiger partial charge is 0.543 e. The molecule has 0 spiro atoms. The normalized spacial score (nSPS) is 12.0. The molecule has 5 aromatic rings. The van der Waals surface area contributed by atoms with E-state index in [4.69, 9.17) is 18.9 Å². The summed E-state index contributed by atoms with van der Waals surface area (Å²) in [6.45, 7) is 16.6. The van der Waals surface area contributed by atoms with Crippen LogP contribution in [0.5, 0.6) is 11.6 Å². The second-order valence-electron chi connectivity index (χ2n) is 12.1. The minimum absolute atomic E-state index is 0.251. The Hall–Kier alpha value is -4.51. The maximum Gasteiger partial charge on any atom is 0.341 e. The first-order valence-corrected chi connectivity index (χ1v) is 17.7. The molecule has 2 aromatic carbocycles. The van der Waals surface area contributed by atoms with E-state index in [1.54, 1.807) is 19.4 Å². The molecule has 0 amide bonds. The van der Waals surface area contributed by atoms with Crippen molar-refractivity contribution in [3.63, 3.8) is 0 Å². The Labute approximate surface area is 265 Å². The standard InChI is InChI=1S/C34H42N6O4Si/c1-8-42-33(41)28-18-36-40(20-28)34-37-31-30(32(38-34)43-21-26-13-10-9-11-14-26)35-22-39(31)19-27-15-12-16-29(17-27)44-45(23(2)3,24(4)5)25(6)7/h9-18,20,22-25H,8,19,21H2,1-7H3. The van der Waals surface area contributed by atoms with E-state index in [0.29, 0.717) is 52.4 Å². The summed E-state index contributed by atoms with van der Waals surface area (Å²) in [6.07, 6.45) is 4.73. The summed E-state index contributed by atoms with van der Waals surface area (Å²) in [4.78, 5) is 26.4. The number of imidazole rings is 1. The summed E-state index contributed by atoms with van der Waals surface area (Å²) in [5.74, 6) is 1.01. The van der Waals surface area contributed by atoms with Crippen LogP contribution in [0.25, 0.3) is 17.1 Å². The van der Waals surface area contributed by atoms with Gasteiger partial charge < -0.3 is 18.5 Å². The van der Waals surface area contributed by atoms with Gasteiger partial charge in [0.25, 0.3) is 14.3 Å². The number of fused-ring (bicyclic) bond motifs is 1. The molecule has 236 valence electrons. The van der Waals surface area contributed by atoms with Gasteiger partial charge in [-0.1, -0.05) is 84.0 Å². The van der Waals surface area contributed by atoms with Crippen molar-refractivity contribution in [1.29, 1.82) is 0 Å². The number of hydrogen-bond acceptors (Lipinski definition) is 8. The molecule has 0 fully saturated rings. The Balaban J connectivity index is 1.50. The summed E-state index contributed by atoms with van der Waals surface area (Å²) in [5.41, 5.74) is 4.88. The number of carbonyl (C=O) groups excluding carboxylic acids is 1. The predicted molar refractivity (Wildman–Crippen MR) is 176 cm³/mol. The van der Waals surface area contributed by atoms with Crippen LogP contribution in [-0.4, -0.2) is 50.2 Å². The number of carbonyl (C=O) groups is 1. The fraction of sp³-hybridized carbons (Fsp3) is 0.382. The first-order valence-electron chi connectivity index (χ1n) is 15.5. The molecule has 10 nitrogen and oxygen atoms in total. The lowest BCUT2D eigenvalue weighted by Gasteiger charge is -2.42. The highest BCUT2D eigenvalue weighted by molar-refractivity contribution is 6.78. The molecule has 3 aromatic heterocycles. The number of aromatic nitrogens is 6. The number of esters is 1. The van der Waals surface area contributed by atoms with Crippen molar-refractivity contribution in [1.82, 2.24) is 29.3 Å². The molecule has 0 saturated heterocycles. The highest BCUT2D eigenvalue weighted by Gasteiger charge is 2.47. The predicted octanol–water partition coefficient (Wildman–Crippen LogP) is 7.37. The molecule has 0 radical (unpaired) electrons. The third-order valence-electron chi connectivity index (χ3n) is 8.19. The summed E-state index contributed by atoms with van der Waals surface area (Å²) in [5, 5.41) is 4.34. The highest BCUT2D eigenvalue weighted by Crippen LogP contribution is 2.42. The highest BCUT2D eigenvalue weighted by atomic mass is 28.4. The Morgan fingerprint density at radius 1 is 0.911 bits per heavy atom. The molecule has 0 N–H and O–H groups in total. The zero-order valence-corrected chi connectivity index (χ0v) is 28.1. The van der Waals surface area contributed by atoms with Gasteiger partial charge in [0.05, 0.1) is 31.2 Å². The number of rotatable bonds is 13. The van der Waals surface area contributed by atoms with Crippen LogP contribution in [0.1, 0.15) is 70.0 Å². The van der Waals surface area contributed by atoms with E-state index >= 15 is 0 Å². The van der Waals surface area contributed by atoms with E-state index in [1.165, 1.54) is 10.9 Å². The second kappa shape index (κ2) is 13.6. The monoisotopic (exact) mass is 626 g/mol. The molecule has 45 heavy (non-hydrogen) atoms. The smallest absolute Gasteiger partial charge is 0.341 e. The average Bonchev–Trinajstić information content (AvgIpc) is 3.67. The van der Waals surface area contributed by atoms with Gasteiger partial charge in [-0.15, -0.1) is 0 Å². The van der Waals surface area contributed by atoms with Gasteiger partial charge in [0.1, 0.15) is 12.4 Å². The van der Waals surface area contributed by atoms with Crippen LogP contribution in [-0.2, 0) is 17.9 Å². The molecule has 0 aliphatic rings. The lowest BCUT2D eigenvalue weighted by Crippen LogP contribution is -2.50. The van der Waals surface area contributed by atoms with Crippen molar-refractivity contribution in [2.45, 2.75) is 78.2 Å². The zero-order valence-electron chi connectivity index (χ0n) is 27.1. The van der Waals surface area contributed by atoms with Crippen molar-refractivity contribution >= 4 is 25.5 Å². The molecule has 0 bridgehead atoms. The van der Waals surface area contributed by atoms with Gasteiger partial charge in [-0.2, -0.15) is 15.1 Å². The summed E-state index contributed by atoms with van der Waals surface area (Å²) >= 11 is 0. The fourth-order valence-corrected chi connectivity index (χ4v) is 11.4. The third kappa shape index (κ3) is 6.78. The number of nitrogens with zero attached hydrogens (tertiary/aromatic N) is 6. The molecule has 0 atom stereocenters. The van der Waals surface area contributed by atoms with Crippen molar-refractivity contribution in [3.05, 3.63) is 90.0 Å². The summed E-state index contributed by atoms with van der Waals surface area (Å²) < 4.78 is 21.7. The van der Waals surface area contributed by atoms with Crippen molar-refractivity contribution in [3.8, 4) is 17.6 Å². The van der Waals surface area contributed by atoms with Crippen LogP contribution in [0.15, 0.2) is 73.3 Å². The van der Waals surface area contributed by atoms with Crippen LogP contribution in [0.3, 0.4) is 0 Å². The SMILES string of the molecule is CCOC(=O)c1cnn(-c2nc(OCc3ccccc3)c3ncn(Cc4cccc(O[Si](C(C)C)(C(C)C)C(C)C)c4)c3n2)c1. The fourth-order valence-electron chi connectivity index (χ4n) is 6.17. The number of hydrogen-bond donors (Lipinski definition) is 0. The van der Waals surface area contributed by atoms with Crippen molar-refractivity contribution in [2.24, 2.45) is 0 Å². The van der Waals surface area contributed by atoms with E-state index in [9.17, 15) is 4.79 Å². The molecule has 3 heterocycles. The van der Waals surface area contributed by atoms with Gasteiger partial charge in [-0.3, -0.25) is 0 Å². The summed E-state index contributed by atoms with van der Waals surface area (Å²) in [7, 11) is -2.11. The minimum Gasteiger partial charge on any atom is -0.543 e. The van der Waals surface area contributed by atoms with Gasteiger partial charge in [-0.05, 0) is 46.8 Å². The van der Waals surface area contributed by atoms with Crippen molar-refractivity contribution < 1.29 is 18.7 Å². The van der Waals surface area contributed by atoms with E-state index in [0.717, 1.165) is 16.9 Å². The molecular formula is C34H42N6O4Si. The number of benzene rings is 2. The minimum atomic E-state index is -2.11. The summed E-state index contributed by atoms with van der Waals surface area (Å²) in [6, 6.07) is 18.2. The van der Waals surface area contributed by atoms with Gasteiger partial charge in [0, 0.05) is 6.20 Å². The van der Waals surface area contributed by atoms with Crippen LogP contribution in [0.2, 0.25) is 16.6 Å². The van der Waals surface area contributed by atoms with Gasteiger partial charge in [0.15, 0.2) is 11.2 Å². The maximum absolute atomic E-state index is 12.3. The van der Waals surface area contributed by atoms with Crippen molar-refractivity contribution in [2.75, 3.05) is 6.61 Å². The lowest BCUT2D eigenvalue weighted by atomic mass is 10.2. The van der Waals surface area contributed by atoms with E-state index in [-0.39, 0.29) is 12.6 Å². The molecule has 0 aliphatic carbocycles. The average molecular weight is 627 g/mol. The molecule has 0 saturated carbocycles. The Kier molecular flexibility index (Phi) is 9.67. The third-order valence-corrected chi connectivity index (χ3v) is 14.2. The maximum atomic E-state index is 12.3. The lowest BCUT2D eigenvalue weighted by molar-refractivity contribution is 0.0526. The Morgan fingerprint density at radius 2 is 1.62 bits per heavy atom. The van der Waals surface area contributed by atoms with Gasteiger partial charge in [-0.25, -0.2) is 14.5 Å². The van der Waals surface area contributed by atoms with Gasteiger partial charge >= 0.3 is 5.97 Å². The van der Waals surface area contributed by atoms with Gasteiger partial charge in [0.2, 0.25) is 5.88 Å². The van der Waals surface area contributed by atoms with E-state index in [2.05, 4.69) is 74.8 Å². The second-order valence-corrected chi connectivity index (χ2v) is 17.5. The van der Waals surface area contributed by atoms with Crippen LogP contribution < -0.4 is 9.16 Å². The van der Waals surface area contributed by atoms with E-state index < -0.39 is 14.3 Å². The van der Waals surface area contributed by atoms with Crippen LogP contribution in [0.4, 0.5) is 0 Å². The Bertz CT molecular complexity index is 1730. The molecule has 0 unspecified atom stereocenters. The molecule has 5 rings (SSSR count). The van der Waals surface area contributed by atoms with E-state index in [1.807, 2.05) is 41.0 Å². The van der Waals surface area contributed by atoms with Crippen LogP contribution >= 0.6 is 0 Å². The zero-order chi connectivity index (χ0) is 32.1. The number of ether oxygens (including phenoxy) is 2. The first-order chi connectivity index (χ1) is 21.6. The first kappa shape index (κ1) is 31.9. The van der Waals surface area contributed by atoms with Crippen LogP contribution in [0, 0.1) is 0 Å². The molecule has 0 aliphatic heterocycles. The topological polar surface area (TPSA) is 106 Å². The molecular weight excluding hydrogens is 584 g/mol.